The van der Waals surface area contributed by atoms with Crippen LogP contribution < -0.4 is 5.32 Å². The minimum atomic E-state index is -0.278. The van der Waals surface area contributed by atoms with Crippen LogP contribution >= 0.6 is 0 Å². The van der Waals surface area contributed by atoms with Gasteiger partial charge in [0.1, 0.15) is 0 Å². The summed E-state index contributed by atoms with van der Waals surface area (Å²) < 4.78 is 5.11. The highest BCUT2D eigenvalue weighted by Crippen LogP contribution is 2.66. The van der Waals surface area contributed by atoms with E-state index in [0.717, 1.165) is 25.2 Å². The minimum absolute atomic E-state index is 0.0138. The lowest BCUT2D eigenvalue weighted by Gasteiger charge is -2.65. The van der Waals surface area contributed by atoms with Crippen LogP contribution in [0.4, 0.5) is 0 Å². The van der Waals surface area contributed by atoms with E-state index < -0.39 is 0 Å². The van der Waals surface area contributed by atoms with Gasteiger partial charge in [-0.25, -0.2) is 0 Å². The highest BCUT2D eigenvalue weighted by atomic mass is 16.5. The molecule has 0 aliphatic heterocycles. The van der Waals surface area contributed by atoms with Gasteiger partial charge in [-0.2, -0.15) is 0 Å². The summed E-state index contributed by atoms with van der Waals surface area (Å²) in [5.74, 6) is 0.492. The van der Waals surface area contributed by atoms with E-state index in [9.17, 15) is 9.59 Å². The highest BCUT2D eigenvalue weighted by molar-refractivity contribution is 5.82. The van der Waals surface area contributed by atoms with Crippen LogP contribution in [0.2, 0.25) is 0 Å². The number of nitrogens with one attached hydrogen (secondary N) is 1. The molecule has 0 saturated heterocycles. The lowest BCUT2D eigenvalue weighted by molar-refractivity contribution is -0.150. The first-order valence-corrected chi connectivity index (χ1v) is 9.12. The van der Waals surface area contributed by atoms with Crippen molar-refractivity contribution in [3.8, 4) is 0 Å². The monoisotopic (exact) mass is 321 g/mol. The third-order valence-electron chi connectivity index (χ3n) is 5.95. The molecule has 4 rings (SSSR count). The fourth-order valence-electron chi connectivity index (χ4n) is 6.48. The molecular formula is C19H31NO3. The molecule has 4 aliphatic carbocycles. The molecule has 0 radical (unpaired) electrons. The number of carbonyl (C=O) groups excluding carboxylic acids is 2. The summed E-state index contributed by atoms with van der Waals surface area (Å²) in [6, 6.07) is 0. The minimum Gasteiger partial charge on any atom is -0.463 e. The van der Waals surface area contributed by atoms with E-state index in [1.54, 1.807) is 0 Å². The van der Waals surface area contributed by atoms with Crippen molar-refractivity contribution in [2.24, 2.45) is 16.7 Å². The molecule has 4 heteroatoms. The largest absolute Gasteiger partial charge is 0.463 e. The molecule has 23 heavy (non-hydrogen) atoms. The Kier molecular flexibility index (Phi) is 4.01. The molecule has 0 aromatic rings. The molecule has 0 heterocycles. The van der Waals surface area contributed by atoms with Crippen molar-refractivity contribution in [3.05, 3.63) is 0 Å². The zero-order chi connectivity index (χ0) is 16.9. The lowest BCUT2D eigenvalue weighted by Crippen LogP contribution is -2.65. The van der Waals surface area contributed by atoms with Gasteiger partial charge in [-0.15, -0.1) is 0 Å². The van der Waals surface area contributed by atoms with Crippen LogP contribution in [0, 0.1) is 16.7 Å². The molecule has 4 nitrogen and oxygen atoms in total. The van der Waals surface area contributed by atoms with Gasteiger partial charge in [-0.1, -0.05) is 13.8 Å². The first-order valence-electron chi connectivity index (χ1n) is 9.12. The Balaban J connectivity index is 1.59. The number of hydrogen-bond acceptors (Lipinski definition) is 3. The van der Waals surface area contributed by atoms with Crippen LogP contribution in [0.3, 0.4) is 0 Å². The average molecular weight is 321 g/mol. The van der Waals surface area contributed by atoms with E-state index in [2.05, 4.69) is 19.2 Å². The molecule has 4 fully saturated rings. The van der Waals surface area contributed by atoms with Crippen LogP contribution in [0.25, 0.3) is 0 Å². The van der Waals surface area contributed by atoms with Crippen molar-refractivity contribution in [2.75, 3.05) is 0 Å². The van der Waals surface area contributed by atoms with Crippen molar-refractivity contribution in [1.29, 1.82) is 0 Å². The molecule has 4 bridgehead atoms. The fourth-order valence-corrected chi connectivity index (χ4v) is 6.48. The number of rotatable bonds is 5. The SMILES string of the molecule is CC(C)OC(=O)CCC(=O)NC12CC3CC(C)(CC(C)(C3)C1)C2. The first kappa shape index (κ1) is 16.8. The zero-order valence-electron chi connectivity index (χ0n) is 15.0. The smallest absolute Gasteiger partial charge is 0.306 e. The van der Waals surface area contributed by atoms with Crippen molar-refractivity contribution in [1.82, 2.24) is 5.32 Å². The summed E-state index contributed by atoms with van der Waals surface area (Å²) in [5, 5.41) is 3.34. The number of esters is 1. The molecule has 1 amide bonds. The third kappa shape index (κ3) is 3.56. The number of carbonyl (C=O) groups is 2. The van der Waals surface area contributed by atoms with Gasteiger partial charge in [0.25, 0.3) is 0 Å². The molecule has 0 aromatic heterocycles. The normalized spacial score (nSPS) is 41.2. The third-order valence-corrected chi connectivity index (χ3v) is 5.95. The average Bonchev–Trinajstić information content (AvgIpc) is 2.30. The summed E-state index contributed by atoms with van der Waals surface area (Å²) >= 11 is 0. The van der Waals surface area contributed by atoms with Crippen molar-refractivity contribution in [2.45, 2.75) is 90.7 Å². The van der Waals surface area contributed by atoms with Gasteiger partial charge in [0.15, 0.2) is 0 Å². The van der Waals surface area contributed by atoms with Crippen LogP contribution in [0.15, 0.2) is 0 Å². The molecule has 0 spiro atoms. The maximum absolute atomic E-state index is 12.4. The lowest BCUT2D eigenvalue weighted by atomic mass is 9.43. The summed E-state index contributed by atoms with van der Waals surface area (Å²) in [5.41, 5.74) is 0.748. The van der Waals surface area contributed by atoms with Gasteiger partial charge in [-0.05, 0) is 69.1 Å². The molecule has 130 valence electrons. The van der Waals surface area contributed by atoms with Gasteiger partial charge in [-0.3, -0.25) is 9.59 Å². The first-order chi connectivity index (χ1) is 10.6. The second kappa shape index (κ2) is 5.49. The van der Waals surface area contributed by atoms with Crippen molar-refractivity contribution >= 4 is 11.9 Å². The van der Waals surface area contributed by atoms with E-state index in [0.29, 0.717) is 10.8 Å². The standard InChI is InChI=1S/C19H31NO3/c1-13(2)23-16(22)6-5-15(21)20-19-9-14-7-17(3,11-19)10-18(4,8-14)12-19/h13-14H,5-12H2,1-4H3,(H,20,21). The van der Waals surface area contributed by atoms with Gasteiger partial charge >= 0.3 is 5.97 Å². The summed E-state index contributed by atoms with van der Waals surface area (Å²) in [7, 11) is 0. The van der Waals surface area contributed by atoms with Crippen LogP contribution in [0.5, 0.6) is 0 Å². The molecular weight excluding hydrogens is 290 g/mol. The zero-order valence-corrected chi connectivity index (χ0v) is 15.0. The molecule has 0 aromatic carbocycles. The van der Waals surface area contributed by atoms with Crippen LogP contribution in [-0.4, -0.2) is 23.5 Å². The van der Waals surface area contributed by atoms with E-state index in [1.807, 2.05) is 13.8 Å². The molecule has 2 atom stereocenters. The maximum atomic E-state index is 12.4. The second-order valence-electron chi connectivity index (χ2n) is 9.50. The Morgan fingerprint density at radius 3 is 2.17 bits per heavy atom. The summed E-state index contributed by atoms with van der Waals surface area (Å²) in [6.45, 7) is 8.46. The van der Waals surface area contributed by atoms with Crippen molar-refractivity contribution in [3.63, 3.8) is 0 Å². The van der Waals surface area contributed by atoms with Gasteiger partial charge < -0.3 is 10.1 Å². The summed E-state index contributed by atoms with van der Waals surface area (Å²) in [6.07, 6.45) is 7.58. The van der Waals surface area contributed by atoms with Crippen LogP contribution in [0.1, 0.15) is 79.1 Å². The van der Waals surface area contributed by atoms with E-state index in [-0.39, 0.29) is 36.4 Å². The molecule has 4 aliphatic rings. The summed E-state index contributed by atoms with van der Waals surface area (Å²) in [4.78, 5) is 24.0. The molecule has 1 N–H and O–H groups in total. The van der Waals surface area contributed by atoms with Crippen molar-refractivity contribution < 1.29 is 14.3 Å². The van der Waals surface area contributed by atoms with E-state index in [4.69, 9.17) is 4.74 Å². The van der Waals surface area contributed by atoms with Crippen LogP contribution in [-0.2, 0) is 14.3 Å². The Morgan fingerprint density at radius 1 is 1.04 bits per heavy atom. The van der Waals surface area contributed by atoms with Gasteiger partial charge in [0, 0.05) is 12.0 Å². The number of hydrogen-bond donors (Lipinski definition) is 1. The predicted octanol–water partition coefficient (Wildman–Crippen LogP) is 3.58. The Bertz CT molecular complexity index is 495. The Morgan fingerprint density at radius 2 is 1.65 bits per heavy atom. The highest BCUT2D eigenvalue weighted by Gasteiger charge is 2.60. The Labute approximate surface area is 139 Å². The maximum Gasteiger partial charge on any atom is 0.306 e. The molecule has 4 saturated carbocycles. The van der Waals surface area contributed by atoms with Gasteiger partial charge in [0.05, 0.1) is 12.5 Å². The number of amides is 1. The van der Waals surface area contributed by atoms with E-state index in [1.165, 1.54) is 19.3 Å². The topological polar surface area (TPSA) is 55.4 Å². The quantitative estimate of drug-likeness (QED) is 0.787. The second-order valence-corrected chi connectivity index (χ2v) is 9.50. The Hall–Kier alpha value is -1.06. The molecule has 2 unspecified atom stereocenters. The number of ether oxygens (including phenoxy) is 1. The fraction of sp³-hybridized carbons (Fsp3) is 0.895. The van der Waals surface area contributed by atoms with E-state index >= 15 is 0 Å². The van der Waals surface area contributed by atoms with Gasteiger partial charge in [0.2, 0.25) is 5.91 Å². The predicted molar refractivity (Wildman–Crippen MR) is 88.7 cm³/mol.